The van der Waals surface area contributed by atoms with Crippen molar-refractivity contribution in [2.24, 2.45) is 0 Å². The average Bonchev–Trinajstić information content (AvgIpc) is 3.41. The van der Waals surface area contributed by atoms with Crippen molar-refractivity contribution in [3.8, 4) is 0 Å². The van der Waals surface area contributed by atoms with Gasteiger partial charge in [0.2, 0.25) is 5.91 Å². The summed E-state index contributed by atoms with van der Waals surface area (Å²) in [5.41, 5.74) is 0. The number of carbonyl (C=O) groups excluding carboxylic acids is 2. The third-order valence-corrected chi connectivity index (χ3v) is 16.3. The SMILES string of the molecule is CCCCCCCCCCCCCCCCCCCCCC(O)C(CO)NC(=O)CCCCCCCCC/C=C\CCCCCCCCCCCCCOC(=O)CCCCCCCCCCCCCCCCCCC. The van der Waals surface area contributed by atoms with Gasteiger partial charge in [-0.25, -0.2) is 0 Å². The van der Waals surface area contributed by atoms with Gasteiger partial charge in [0.25, 0.3) is 0 Å². The minimum Gasteiger partial charge on any atom is -0.466 e. The van der Waals surface area contributed by atoms with Crippen LogP contribution in [0, 0.1) is 0 Å². The Balaban J connectivity index is 3.39. The lowest BCUT2D eigenvalue weighted by Gasteiger charge is -2.22. The number of unbranched alkanes of at least 4 members (excludes halogenated alkanes) is 52. The molecule has 0 fully saturated rings. The van der Waals surface area contributed by atoms with Crippen LogP contribution in [-0.2, 0) is 14.3 Å². The predicted octanol–water partition coefficient (Wildman–Crippen LogP) is 22.0. The molecule has 0 aromatic carbocycles. The quantitative estimate of drug-likeness (QED) is 0.0320. The van der Waals surface area contributed by atoms with Crippen molar-refractivity contribution in [3.05, 3.63) is 12.2 Å². The van der Waals surface area contributed by atoms with Gasteiger partial charge in [0.15, 0.2) is 0 Å². The lowest BCUT2D eigenvalue weighted by atomic mass is 10.0. The van der Waals surface area contributed by atoms with Crippen molar-refractivity contribution in [3.63, 3.8) is 0 Å². The minimum absolute atomic E-state index is 0.0151. The van der Waals surface area contributed by atoms with Crippen molar-refractivity contribution in [1.29, 1.82) is 0 Å². The molecular weight excluding hydrogens is 923 g/mol. The summed E-state index contributed by atoms with van der Waals surface area (Å²) < 4.78 is 5.50. The van der Waals surface area contributed by atoms with E-state index in [0.717, 1.165) is 38.5 Å². The molecule has 0 saturated heterocycles. The lowest BCUT2D eigenvalue weighted by Crippen LogP contribution is -2.45. The molecule has 2 unspecified atom stereocenters. The molecule has 0 aromatic heterocycles. The van der Waals surface area contributed by atoms with Crippen molar-refractivity contribution >= 4 is 11.9 Å². The van der Waals surface area contributed by atoms with Crippen LogP contribution in [0.2, 0.25) is 0 Å². The van der Waals surface area contributed by atoms with E-state index >= 15 is 0 Å². The number of esters is 1. The number of nitrogens with one attached hydrogen (secondary N) is 1. The lowest BCUT2D eigenvalue weighted by molar-refractivity contribution is -0.143. The molecule has 0 radical (unpaired) electrons. The molecule has 6 nitrogen and oxygen atoms in total. The van der Waals surface area contributed by atoms with E-state index in [9.17, 15) is 19.8 Å². The molecule has 0 heterocycles. The maximum absolute atomic E-state index is 12.5. The third-order valence-electron chi connectivity index (χ3n) is 16.3. The smallest absolute Gasteiger partial charge is 0.305 e. The average molecular weight is 1060 g/mol. The van der Waals surface area contributed by atoms with Crippen molar-refractivity contribution < 1.29 is 24.5 Å². The molecule has 1 amide bonds. The summed E-state index contributed by atoms with van der Waals surface area (Å²) >= 11 is 0. The van der Waals surface area contributed by atoms with E-state index in [4.69, 9.17) is 4.74 Å². The number of carbonyl (C=O) groups is 2. The molecule has 0 bridgehead atoms. The van der Waals surface area contributed by atoms with E-state index in [1.165, 1.54) is 321 Å². The van der Waals surface area contributed by atoms with E-state index in [1.807, 2.05) is 0 Å². The Morgan fingerprint density at radius 2 is 0.627 bits per heavy atom. The van der Waals surface area contributed by atoms with Gasteiger partial charge in [-0.05, 0) is 51.4 Å². The molecule has 3 N–H and O–H groups in total. The molecule has 0 spiro atoms. The zero-order valence-corrected chi connectivity index (χ0v) is 51.1. The van der Waals surface area contributed by atoms with Gasteiger partial charge in [-0.15, -0.1) is 0 Å². The normalized spacial score (nSPS) is 12.5. The summed E-state index contributed by atoms with van der Waals surface area (Å²) in [6.07, 6.45) is 79.6. The van der Waals surface area contributed by atoms with Gasteiger partial charge in [-0.3, -0.25) is 9.59 Å². The van der Waals surface area contributed by atoms with Gasteiger partial charge in [0.1, 0.15) is 0 Å². The van der Waals surface area contributed by atoms with Crippen LogP contribution < -0.4 is 5.32 Å². The first-order valence-corrected chi connectivity index (χ1v) is 34.4. The second-order valence-corrected chi connectivity index (χ2v) is 23.9. The van der Waals surface area contributed by atoms with Crippen molar-refractivity contribution in [2.75, 3.05) is 13.2 Å². The van der Waals surface area contributed by atoms with E-state index < -0.39 is 12.1 Å². The first kappa shape index (κ1) is 73.6. The summed E-state index contributed by atoms with van der Waals surface area (Å²) in [6.45, 7) is 4.99. The van der Waals surface area contributed by atoms with Crippen LogP contribution in [0.25, 0.3) is 0 Å². The minimum atomic E-state index is -0.669. The molecule has 0 aliphatic carbocycles. The number of ether oxygens (including phenoxy) is 1. The van der Waals surface area contributed by atoms with Crippen LogP contribution in [-0.4, -0.2) is 47.4 Å². The number of hydrogen-bond donors (Lipinski definition) is 3. The highest BCUT2D eigenvalue weighted by Gasteiger charge is 2.20. The van der Waals surface area contributed by atoms with E-state index in [1.54, 1.807) is 0 Å². The van der Waals surface area contributed by atoms with Crippen LogP contribution in [0.5, 0.6) is 0 Å². The summed E-state index contributed by atoms with van der Waals surface area (Å²) in [5.74, 6) is -0.0227. The Morgan fingerprint density at radius 3 is 0.947 bits per heavy atom. The molecule has 0 saturated carbocycles. The maximum atomic E-state index is 12.5. The first-order chi connectivity index (χ1) is 37.0. The summed E-state index contributed by atoms with van der Waals surface area (Å²) in [7, 11) is 0. The Labute approximate surface area is 469 Å². The number of hydrogen-bond acceptors (Lipinski definition) is 5. The fraction of sp³-hybridized carbons (Fsp3) is 0.942. The fourth-order valence-electron chi connectivity index (χ4n) is 11.1. The molecule has 446 valence electrons. The molecule has 0 aliphatic rings. The third kappa shape index (κ3) is 61.7. The van der Waals surface area contributed by atoms with Crippen LogP contribution in [0.15, 0.2) is 12.2 Å². The monoisotopic (exact) mass is 1060 g/mol. The number of allylic oxidation sites excluding steroid dienone is 2. The highest BCUT2D eigenvalue weighted by Crippen LogP contribution is 2.19. The van der Waals surface area contributed by atoms with Gasteiger partial charge in [0, 0.05) is 12.8 Å². The van der Waals surface area contributed by atoms with Gasteiger partial charge >= 0.3 is 5.97 Å². The Bertz CT molecular complexity index is 1130. The molecule has 0 aliphatic heterocycles. The van der Waals surface area contributed by atoms with Gasteiger partial charge in [0.05, 0.1) is 25.4 Å². The second-order valence-electron chi connectivity index (χ2n) is 23.9. The second kappa shape index (κ2) is 65.1. The number of rotatable bonds is 65. The van der Waals surface area contributed by atoms with E-state index in [-0.39, 0.29) is 18.5 Å². The first-order valence-electron chi connectivity index (χ1n) is 34.4. The topological polar surface area (TPSA) is 95.9 Å². The molecule has 2 atom stereocenters. The number of aliphatic hydroxyl groups excluding tert-OH is 2. The zero-order valence-electron chi connectivity index (χ0n) is 51.1. The van der Waals surface area contributed by atoms with E-state index in [0.29, 0.717) is 25.9 Å². The Hall–Kier alpha value is -1.40. The summed E-state index contributed by atoms with van der Waals surface area (Å²) in [5, 5.41) is 23.4. The maximum Gasteiger partial charge on any atom is 0.305 e. The number of amides is 1. The summed E-state index contributed by atoms with van der Waals surface area (Å²) in [6, 6.07) is -0.547. The van der Waals surface area contributed by atoms with Crippen molar-refractivity contribution in [1.82, 2.24) is 5.32 Å². The summed E-state index contributed by atoms with van der Waals surface area (Å²) in [4.78, 5) is 24.6. The molecule has 0 rings (SSSR count). The predicted molar refractivity (Wildman–Crippen MR) is 329 cm³/mol. The molecule has 0 aromatic rings. The highest BCUT2D eigenvalue weighted by atomic mass is 16.5. The fourth-order valence-corrected chi connectivity index (χ4v) is 11.1. The molecule has 75 heavy (non-hydrogen) atoms. The largest absolute Gasteiger partial charge is 0.466 e. The van der Waals surface area contributed by atoms with Crippen LogP contribution in [0.3, 0.4) is 0 Å². The van der Waals surface area contributed by atoms with Crippen LogP contribution in [0.4, 0.5) is 0 Å². The van der Waals surface area contributed by atoms with E-state index in [2.05, 4.69) is 31.3 Å². The van der Waals surface area contributed by atoms with Crippen molar-refractivity contribution in [2.45, 2.75) is 405 Å². The molecular formula is C69H135NO5. The Kier molecular flexibility index (Phi) is 63.9. The Morgan fingerprint density at radius 1 is 0.360 bits per heavy atom. The van der Waals surface area contributed by atoms with Gasteiger partial charge in [-0.2, -0.15) is 0 Å². The van der Waals surface area contributed by atoms with Crippen LogP contribution in [0.1, 0.15) is 393 Å². The van der Waals surface area contributed by atoms with Gasteiger partial charge < -0.3 is 20.3 Å². The van der Waals surface area contributed by atoms with Crippen LogP contribution >= 0.6 is 0 Å². The molecule has 6 heteroatoms. The standard InChI is InChI=1S/C69H135NO5/c1-3-5-7-9-11-13-15-17-19-21-26-30-33-37-41-45-49-53-57-61-67(72)66(65-71)70-68(73)62-58-54-50-46-42-38-34-31-27-24-22-23-25-28-32-36-40-44-48-52-56-60-64-75-69(74)63-59-55-51-47-43-39-35-29-20-18-16-14-12-10-8-6-4-2/h24,27,66-67,71-72H,3-23,25-26,28-65H2,1-2H3,(H,70,73)/b27-24-. The highest BCUT2D eigenvalue weighted by molar-refractivity contribution is 5.76. The number of aliphatic hydroxyl groups is 2. The zero-order chi connectivity index (χ0) is 54.3. The van der Waals surface area contributed by atoms with Gasteiger partial charge in [-0.1, -0.05) is 341 Å².